The molecule has 2 rings (SSSR count). The first-order chi connectivity index (χ1) is 10.2. The average molecular weight is 314 g/mol. The van der Waals surface area contributed by atoms with E-state index in [0.29, 0.717) is 24.1 Å². The highest BCUT2D eigenvalue weighted by Crippen LogP contribution is 2.25. The predicted octanol–water partition coefficient (Wildman–Crippen LogP) is 1.58. The van der Waals surface area contributed by atoms with E-state index in [4.69, 9.17) is 21.1 Å². The first kappa shape index (κ1) is 15.9. The molecule has 0 amide bonds. The molecule has 0 bridgehead atoms. The van der Waals surface area contributed by atoms with Crippen LogP contribution in [0.2, 0.25) is 5.15 Å². The lowest BCUT2D eigenvalue weighted by Gasteiger charge is -2.26. The first-order valence-electron chi connectivity index (χ1n) is 6.77. The zero-order valence-electron chi connectivity index (χ0n) is 12.5. The lowest BCUT2D eigenvalue weighted by molar-refractivity contribution is 0.190. The number of fused-ring (bicyclic) bond motifs is 1. The molecule has 21 heavy (non-hydrogen) atoms. The number of ether oxygens (including phenoxy) is 2. The van der Waals surface area contributed by atoms with Crippen LogP contribution in [0.5, 0.6) is 0 Å². The van der Waals surface area contributed by atoms with Gasteiger partial charge < -0.3 is 14.4 Å². The minimum atomic E-state index is 0.444. The summed E-state index contributed by atoms with van der Waals surface area (Å²) in [5.74, 6) is 1.39. The van der Waals surface area contributed by atoms with E-state index >= 15 is 0 Å². The fourth-order valence-electron chi connectivity index (χ4n) is 2.18. The maximum Gasteiger partial charge on any atom is 0.255 e. The van der Waals surface area contributed by atoms with Crippen LogP contribution in [0.3, 0.4) is 0 Å². The van der Waals surface area contributed by atoms with E-state index in [-0.39, 0.29) is 0 Å². The molecular weight excluding hydrogens is 294 g/mol. The van der Waals surface area contributed by atoms with Crippen molar-refractivity contribution < 1.29 is 9.47 Å². The van der Waals surface area contributed by atoms with Gasteiger partial charge in [-0.2, -0.15) is 19.6 Å². The van der Waals surface area contributed by atoms with Gasteiger partial charge >= 0.3 is 0 Å². The maximum atomic E-state index is 6.21. The van der Waals surface area contributed by atoms with Crippen LogP contribution in [-0.2, 0) is 9.47 Å². The van der Waals surface area contributed by atoms with Gasteiger partial charge in [0.05, 0.1) is 6.61 Å². The van der Waals surface area contributed by atoms with Gasteiger partial charge in [0.25, 0.3) is 5.78 Å². The number of hydrogen-bond acceptors (Lipinski definition) is 6. The molecule has 0 aromatic carbocycles. The summed E-state index contributed by atoms with van der Waals surface area (Å²) in [7, 11) is 3.38. The molecule has 0 saturated heterocycles. The summed E-state index contributed by atoms with van der Waals surface area (Å²) in [6, 6.07) is 0. The van der Waals surface area contributed by atoms with Gasteiger partial charge in [0.2, 0.25) is 0 Å². The van der Waals surface area contributed by atoms with Crippen molar-refractivity contribution in [2.24, 2.45) is 0 Å². The SMILES string of the molecule is COCCCN(CCOC)c1c(C)c(Cl)nc2ncnn12. The van der Waals surface area contributed by atoms with Gasteiger partial charge in [0, 0.05) is 39.5 Å². The molecule has 0 atom stereocenters. The molecule has 7 nitrogen and oxygen atoms in total. The Morgan fingerprint density at radius 3 is 2.71 bits per heavy atom. The monoisotopic (exact) mass is 313 g/mol. The van der Waals surface area contributed by atoms with Crippen LogP contribution in [0, 0.1) is 6.92 Å². The Morgan fingerprint density at radius 2 is 2.00 bits per heavy atom. The number of nitrogens with zero attached hydrogens (tertiary/aromatic N) is 5. The number of hydrogen-bond donors (Lipinski definition) is 0. The third kappa shape index (κ3) is 3.61. The number of rotatable bonds is 8. The van der Waals surface area contributed by atoms with Gasteiger partial charge in [0.15, 0.2) is 0 Å². The van der Waals surface area contributed by atoms with Crippen LogP contribution < -0.4 is 4.90 Å². The lowest BCUT2D eigenvalue weighted by atomic mass is 10.3. The van der Waals surface area contributed by atoms with Crippen molar-refractivity contribution in [1.82, 2.24) is 19.6 Å². The van der Waals surface area contributed by atoms with Crippen molar-refractivity contribution in [2.45, 2.75) is 13.3 Å². The lowest BCUT2D eigenvalue weighted by Crippen LogP contribution is -2.32. The molecule has 0 N–H and O–H groups in total. The molecule has 0 aliphatic carbocycles. The van der Waals surface area contributed by atoms with Crippen molar-refractivity contribution in [1.29, 1.82) is 0 Å². The van der Waals surface area contributed by atoms with E-state index in [1.807, 2.05) is 6.92 Å². The molecule has 8 heteroatoms. The first-order valence-corrected chi connectivity index (χ1v) is 7.15. The Bertz CT molecular complexity index is 589. The second-order valence-corrected chi connectivity index (χ2v) is 5.01. The van der Waals surface area contributed by atoms with Gasteiger partial charge in [-0.3, -0.25) is 0 Å². The van der Waals surface area contributed by atoms with E-state index in [1.165, 1.54) is 6.33 Å². The topological polar surface area (TPSA) is 64.8 Å². The Balaban J connectivity index is 2.37. The van der Waals surface area contributed by atoms with Crippen LogP contribution in [0.1, 0.15) is 12.0 Å². The van der Waals surface area contributed by atoms with Gasteiger partial charge in [-0.15, -0.1) is 0 Å². The van der Waals surface area contributed by atoms with Crippen LogP contribution in [-0.4, -0.2) is 60.1 Å². The zero-order chi connectivity index (χ0) is 15.2. The van der Waals surface area contributed by atoms with Crippen molar-refractivity contribution in [3.8, 4) is 0 Å². The Kier molecular flexibility index (Phi) is 5.72. The highest BCUT2D eigenvalue weighted by molar-refractivity contribution is 6.30. The van der Waals surface area contributed by atoms with Gasteiger partial charge in [-0.05, 0) is 13.3 Å². The van der Waals surface area contributed by atoms with Gasteiger partial charge in [0.1, 0.15) is 17.3 Å². The molecule has 2 heterocycles. The quantitative estimate of drug-likeness (QED) is 0.544. The summed E-state index contributed by atoms with van der Waals surface area (Å²) >= 11 is 6.21. The van der Waals surface area contributed by atoms with Crippen molar-refractivity contribution in [3.05, 3.63) is 17.0 Å². The molecule has 0 spiro atoms. The molecule has 2 aromatic heterocycles. The summed E-state index contributed by atoms with van der Waals surface area (Å²) in [5, 5.41) is 4.69. The Morgan fingerprint density at radius 1 is 1.24 bits per heavy atom. The Hall–Kier alpha value is -1.44. The number of anilines is 1. The summed E-state index contributed by atoms with van der Waals surface area (Å²) < 4.78 is 12.0. The number of methoxy groups -OCH3 is 2. The summed E-state index contributed by atoms with van der Waals surface area (Å²) in [5.41, 5.74) is 0.878. The predicted molar refractivity (Wildman–Crippen MR) is 81.1 cm³/mol. The van der Waals surface area contributed by atoms with Crippen LogP contribution in [0.25, 0.3) is 5.78 Å². The van der Waals surface area contributed by atoms with Crippen molar-refractivity contribution >= 4 is 23.2 Å². The largest absolute Gasteiger partial charge is 0.385 e. The van der Waals surface area contributed by atoms with Crippen LogP contribution in [0.15, 0.2) is 6.33 Å². The highest BCUT2D eigenvalue weighted by atomic mass is 35.5. The number of aromatic nitrogens is 4. The fourth-order valence-corrected chi connectivity index (χ4v) is 2.34. The summed E-state index contributed by atoms with van der Waals surface area (Å²) in [6.45, 7) is 4.79. The van der Waals surface area contributed by atoms with E-state index in [9.17, 15) is 0 Å². The number of halogens is 1. The van der Waals surface area contributed by atoms with E-state index < -0.39 is 0 Å². The Labute approximate surface area is 128 Å². The smallest absolute Gasteiger partial charge is 0.255 e. The molecule has 116 valence electrons. The van der Waals surface area contributed by atoms with Gasteiger partial charge in [-0.1, -0.05) is 11.6 Å². The van der Waals surface area contributed by atoms with Crippen LogP contribution in [0.4, 0.5) is 5.82 Å². The zero-order valence-corrected chi connectivity index (χ0v) is 13.3. The van der Waals surface area contributed by atoms with Crippen LogP contribution >= 0.6 is 11.6 Å². The third-order valence-corrected chi connectivity index (χ3v) is 3.58. The normalized spacial score (nSPS) is 11.2. The molecule has 2 aromatic rings. The van der Waals surface area contributed by atoms with E-state index in [1.54, 1.807) is 18.7 Å². The molecule has 0 aliphatic heterocycles. The second-order valence-electron chi connectivity index (χ2n) is 4.65. The maximum absolute atomic E-state index is 6.21. The fraction of sp³-hybridized carbons (Fsp3) is 0.615. The van der Waals surface area contributed by atoms with Crippen molar-refractivity contribution in [2.75, 3.05) is 45.4 Å². The van der Waals surface area contributed by atoms with Crippen molar-refractivity contribution in [3.63, 3.8) is 0 Å². The molecule has 0 fully saturated rings. The van der Waals surface area contributed by atoms with Gasteiger partial charge in [-0.25, -0.2) is 0 Å². The van der Waals surface area contributed by atoms with E-state index in [2.05, 4.69) is 20.0 Å². The molecular formula is C13H20ClN5O2. The second kappa shape index (κ2) is 7.53. The third-order valence-electron chi connectivity index (χ3n) is 3.21. The molecule has 0 unspecified atom stereocenters. The highest BCUT2D eigenvalue weighted by Gasteiger charge is 2.18. The molecule has 0 radical (unpaired) electrons. The average Bonchev–Trinajstić information content (AvgIpc) is 2.92. The standard InChI is InChI=1S/C13H20ClN5O2/c1-10-11(14)17-13-15-9-16-19(13)12(10)18(6-8-21-3)5-4-7-20-2/h9H,4-8H2,1-3H3. The van der Waals surface area contributed by atoms with E-state index in [0.717, 1.165) is 30.9 Å². The molecule has 0 aliphatic rings. The summed E-state index contributed by atoms with van der Waals surface area (Å²) in [6.07, 6.45) is 2.38. The minimum Gasteiger partial charge on any atom is -0.385 e. The summed E-state index contributed by atoms with van der Waals surface area (Å²) in [4.78, 5) is 10.5. The molecule has 0 saturated carbocycles. The minimum absolute atomic E-state index is 0.444.